The van der Waals surface area contributed by atoms with E-state index in [4.69, 9.17) is 27.9 Å². The van der Waals surface area contributed by atoms with Gasteiger partial charge in [0.15, 0.2) is 0 Å². The van der Waals surface area contributed by atoms with Gasteiger partial charge in [0.05, 0.1) is 34.0 Å². The number of piperidine rings is 1. The van der Waals surface area contributed by atoms with Crippen molar-refractivity contribution in [3.05, 3.63) is 52.8 Å². The number of benzene rings is 2. The van der Waals surface area contributed by atoms with Crippen LogP contribution in [0.3, 0.4) is 0 Å². The number of ether oxygens (including phenoxy) is 1. The Hall–Kier alpha value is -2.90. The van der Waals surface area contributed by atoms with Crippen LogP contribution in [-0.4, -0.2) is 42.5 Å². The molecular formula is C22H21Cl2N5O2. The second-order valence-electron chi connectivity index (χ2n) is 7.21. The molecule has 4 rings (SSSR count). The average molecular weight is 458 g/mol. The monoisotopic (exact) mass is 457 g/mol. The zero-order chi connectivity index (χ0) is 21.8. The number of hydrazone groups is 1. The quantitative estimate of drug-likeness (QED) is 0.263. The average Bonchev–Trinajstić information content (AvgIpc) is 2.81. The third-order valence-electron chi connectivity index (χ3n) is 5.38. The van der Waals surface area contributed by atoms with E-state index in [0.717, 1.165) is 47.2 Å². The van der Waals surface area contributed by atoms with Crippen molar-refractivity contribution >= 4 is 52.2 Å². The second kappa shape index (κ2) is 9.49. The number of rotatable bonds is 5. The van der Waals surface area contributed by atoms with Crippen molar-refractivity contribution < 1.29 is 9.53 Å². The fourth-order valence-corrected chi connectivity index (χ4v) is 4.30. The number of amides is 1. The van der Waals surface area contributed by atoms with E-state index in [0.29, 0.717) is 28.9 Å². The van der Waals surface area contributed by atoms with Gasteiger partial charge in [0.25, 0.3) is 0 Å². The largest absolute Gasteiger partial charge is 0.483 e. The van der Waals surface area contributed by atoms with E-state index in [-0.39, 0.29) is 5.92 Å². The molecule has 1 atom stereocenters. The molecule has 1 aliphatic rings. The lowest BCUT2D eigenvalue weighted by Crippen LogP contribution is -2.40. The van der Waals surface area contributed by atoms with E-state index in [1.807, 2.05) is 30.3 Å². The van der Waals surface area contributed by atoms with E-state index in [9.17, 15) is 4.79 Å². The Balaban J connectivity index is 1.77. The highest BCUT2D eigenvalue weighted by molar-refractivity contribution is 6.42. The normalized spacial score (nSPS) is 16.9. The number of hydrogen-bond acceptors (Lipinski definition) is 6. The van der Waals surface area contributed by atoms with Gasteiger partial charge >= 0.3 is 0 Å². The molecule has 1 fully saturated rings. The van der Waals surface area contributed by atoms with Crippen LogP contribution in [0.5, 0.6) is 0 Å². The van der Waals surface area contributed by atoms with Gasteiger partial charge in [-0.2, -0.15) is 0 Å². The molecular weight excluding hydrogens is 437 g/mol. The zero-order valence-corrected chi connectivity index (χ0v) is 18.4. The van der Waals surface area contributed by atoms with Crippen molar-refractivity contribution in [2.75, 3.05) is 25.1 Å². The molecule has 0 bridgehead atoms. The minimum atomic E-state index is 0.0355. The van der Waals surface area contributed by atoms with Crippen LogP contribution >= 0.6 is 23.2 Å². The van der Waals surface area contributed by atoms with Gasteiger partial charge in [-0.15, -0.1) is 5.10 Å². The van der Waals surface area contributed by atoms with Crippen molar-refractivity contribution in [2.24, 2.45) is 11.0 Å². The van der Waals surface area contributed by atoms with Crippen molar-refractivity contribution in [1.82, 2.24) is 15.4 Å². The maximum absolute atomic E-state index is 10.6. The summed E-state index contributed by atoms with van der Waals surface area (Å²) in [6, 6.07) is 11.6. The van der Waals surface area contributed by atoms with Crippen molar-refractivity contribution in [2.45, 2.75) is 12.8 Å². The molecule has 3 aromatic rings. The summed E-state index contributed by atoms with van der Waals surface area (Å²) >= 11 is 12.4. The van der Waals surface area contributed by atoms with E-state index in [1.54, 1.807) is 19.5 Å². The first kappa shape index (κ1) is 21.3. The third kappa shape index (κ3) is 4.43. The summed E-state index contributed by atoms with van der Waals surface area (Å²) < 4.78 is 5.42. The van der Waals surface area contributed by atoms with Gasteiger partial charge in [0, 0.05) is 13.1 Å². The van der Waals surface area contributed by atoms with Gasteiger partial charge in [-0.1, -0.05) is 41.4 Å². The number of nitrogens with one attached hydrogen (secondary N) is 1. The number of methoxy groups -OCH3 is 1. The lowest BCUT2D eigenvalue weighted by molar-refractivity contribution is -0.109. The maximum atomic E-state index is 10.6. The second-order valence-corrected chi connectivity index (χ2v) is 8.03. The maximum Gasteiger partial charge on any atom is 0.227 e. The standard InChI is InChI=1S/C22H21Cl2N5O2/c1-31-22(28-27-13-30)15-4-3-9-29(11-15)21-20-16(5-2-6-19(20)25-12-26-21)14-7-8-17(23)18(24)10-14/h2,5-8,10,12-13,15H,3-4,9,11H2,1H3,(H,27,30)/b28-22-. The molecule has 1 saturated heterocycles. The first-order valence-corrected chi connectivity index (χ1v) is 10.6. The molecule has 9 heteroatoms. The number of carbonyl (C=O) groups excluding carboxylic acids is 1. The summed E-state index contributed by atoms with van der Waals surface area (Å²) in [6.45, 7) is 1.51. The molecule has 0 spiro atoms. The van der Waals surface area contributed by atoms with Crippen LogP contribution < -0.4 is 10.3 Å². The van der Waals surface area contributed by atoms with Crippen LogP contribution in [0.25, 0.3) is 22.0 Å². The summed E-state index contributed by atoms with van der Waals surface area (Å²) in [6.07, 6.45) is 3.96. The molecule has 2 heterocycles. The number of anilines is 1. The molecule has 0 aliphatic carbocycles. The minimum Gasteiger partial charge on any atom is -0.483 e. The molecule has 7 nitrogen and oxygen atoms in total. The van der Waals surface area contributed by atoms with E-state index < -0.39 is 0 Å². The van der Waals surface area contributed by atoms with Crippen molar-refractivity contribution in [3.63, 3.8) is 0 Å². The van der Waals surface area contributed by atoms with Crippen LogP contribution in [0, 0.1) is 5.92 Å². The van der Waals surface area contributed by atoms with Gasteiger partial charge < -0.3 is 9.64 Å². The highest BCUT2D eigenvalue weighted by atomic mass is 35.5. The molecule has 1 aliphatic heterocycles. The molecule has 1 aromatic heterocycles. The van der Waals surface area contributed by atoms with Crippen molar-refractivity contribution in [1.29, 1.82) is 0 Å². The highest BCUT2D eigenvalue weighted by Gasteiger charge is 2.27. The Morgan fingerprint density at radius 3 is 2.90 bits per heavy atom. The summed E-state index contributed by atoms with van der Waals surface area (Å²) in [7, 11) is 1.56. The number of nitrogens with zero attached hydrogens (tertiary/aromatic N) is 4. The van der Waals surface area contributed by atoms with Crippen LogP contribution in [0.4, 0.5) is 5.82 Å². The molecule has 31 heavy (non-hydrogen) atoms. The number of fused-ring (bicyclic) bond motifs is 1. The molecule has 160 valence electrons. The summed E-state index contributed by atoms with van der Waals surface area (Å²) in [5.41, 5.74) is 5.11. The topological polar surface area (TPSA) is 79.7 Å². The number of hydrogen-bond donors (Lipinski definition) is 1. The Bertz CT molecular complexity index is 1130. The van der Waals surface area contributed by atoms with E-state index >= 15 is 0 Å². The zero-order valence-electron chi connectivity index (χ0n) is 16.9. The predicted octanol–water partition coefficient (Wildman–Crippen LogP) is 4.53. The number of carbonyl (C=O) groups is 1. The Kier molecular flexibility index (Phi) is 6.53. The molecule has 1 unspecified atom stereocenters. The highest BCUT2D eigenvalue weighted by Crippen LogP contribution is 2.37. The summed E-state index contributed by atoms with van der Waals surface area (Å²) in [5.74, 6) is 1.38. The van der Waals surface area contributed by atoms with Crippen LogP contribution in [0.15, 0.2) is 47.8 Å². The van der Waals surface area contributed by atoms with Crippen LogP contribution in [-0.2, 0) is 9.53 Å². The molecule has 1 N–H and O–H groups in total. The summed E-state index contributed by atoms with van der Waals surface area (Å²) in [5, 5.41) is 6.00. The molecule has 1 amide bonds. The third-order valence-corrected chi connectivity index (χ3v) is 6.12. The Morgan fingerprint density at radius 2 is 2.13 bits per heavy atom. The number of aromatic nitrogens is 2. The fourth-order valence-electron chi connectivity index (χ4n) is 4.00. The Labute approximate surface area is 190 Å². The van der Waals surface area contributed by atoms with E-state index in [2.05, 4.69) is 25.4 Å². The van der Waals surface area contributed by atoms with Gasteiger partial charge in [0.1, 0.15) is 12.1 Å². The van der Waals surface area contributed by atoms with Gasteiger partial charge in [0.2, 0.25) is 12.3 Å². The molecule has 0 radical (unpaired) electrons. The Morgan fingerprint density at radius 1 is 1.26 bits per heavy atom. The van der Waals surface area contributed by atoms with Gasteiger partial charge in [-0.25, -0.2) is 15.4 Å². The summed E-state index contributed by atoms with van der Waals surface area (Å²) in [4.78, 5) is 22.0. The predicted molar refractivity (Wildman–Crippen MR) is 124 cm³/mol. The smallest absolute Gasteiger partial charge is 0.227 e. The SMILES string of the molecule is CO/C(=N\NC=O)C1CCCN(c2ncnc3cccc(-c4ccc(Cl)c(Cl)c4)c23)C1. The molecule has 0 saturated carbocycles. The fraction of sp³-hybridized carbons (Fsp3) is 0.273. The minimum absolute atomic E-state index is 0.0355. The van der Waals surface area contributed by atoms with Crippen molar-refractivity contribution in [3.8, 4) is 11.1 Å². The lowest BCUT2D eigenvalue weighted by atomic mass is 9.96. The van der Waals surface area contributed by atoms with Crippen LogP contribution in [0.2, 0.25) is 10.0 Å². The van der Waals surface area contributed by atoms with Gasteiger partial charge in [-0.3, -0.25) is 4.79 Å². The van der Waals surface area contributed by atoms with E-state index in [1.165, 1.54) is 0 Å². The van der Waals surface area contributed by atoms with Gasteiger partial charge in [-0.05, 0) is 42.2 Å². The van der Waals surface area contributed by atoms with Crippen LogP contribution in [0.1, 0.15) is 12.8 Å². The number of halogens is 2. The first-order chi connectivity index (χ1) is 15.1. The molecule has 2 aromatic carbocycles. The first-order valence-electron chi connectivity index (χ1n) is 9.87. The lowest BCUT2D eigenvalue weighted by Gasteiger charge is -2.34.